The molecule has 1 N–H and O–H groups in total. The second-order valence-corrected chi connectivity index (χ2v) is 3.64. The molecule has 6 heteroatoms. The van der Waals surface area contributed by atoms with E-state index in [1.807, 2.05) is 0 Å². The van der Waals surface area contributed by atoms with Gasteiger partial charge in [-0.3, -0.25) is 9.59 Å². The van der Waals surface area contributed by atoms with Crippen LogP contribution in [0.5, 0.6) is 0 Å². The van der Waals surface area contributed by atoms with Crippen molar-refractivity contribution in [1.82, 2.24) is 5.32 Å². The summed E-state index contributed by atoms with van der Waals surface area (Å²) in [6.07, 6.45) is 1.57. The van der Waals surface area contributed by atoms with Gasteiger partial charge in [-0.05, 0) is 28.9 Å². The lowest BCUT2D eigenvalue weighted by atomic mass is 10.3. The summed E-state index contributed by atoms with van der Waals surface area (Å²) in [4.78, 5) is 22.5. The normalized spacial score (nSPS) is 9.88. The van der Waals surface area contributed by atoms with Crippen LogP contribution in [0, 0.1) is 0 Å². The highest BCUT2D eigenvalue weighted by Crippen LogP contribution is 2.16. The van der Waals surface area contributed by atoms with Crippen molar-refractivity contribution in [2.45, 2.75) is 13.3 Å². The van der Waals surface area contributed by atoms with Gasteiger partial charge in [-0.25, -0.2) is 0 Å². The van der Waals surface area contributed by atoms with Crippen molar-refractivity contribution >= 4 is 27.8 Å². The number of nitrogens with one attached hydrogen (secondary N) is 1. The standard InChI is InChI=1S/C10H12BrNO4/c1-2-15-8(13)3-5-12-10(14)7-4-6-16-9(7)11/h4,6H,2-3,5H2,1H3,(H,12,14). The molecule has 0 aliphatic carbocycles. The molecule has 1 amide bonds. The van der Waals surface area contributed by atoms with Crippen LogP contribution in [-0.4, -0.2) is 25.0 Å². The summed E-state index contributed by atoms with van der Waals surface area (Å²) >= 11 is 3.09. The van der Waals surface area contributed by atoms with Crippen LogP contribution in [0.1, 0.15) is 23.7 Å². The molecule has 0 unspecified atom stereocenters. The number of hydrogen-bond acceptors (Lipinski definition) is 4. The van der Waals surface area contributed by atoms with E-state index in [1.54, 1.807) is 13.0 Å². The summed E-state index contributed by atoms with van der Waals surface area (Å²) in [7, 11) is 0. The predicted octanol–water partition coefficient (Wildman–Crippen LogP) is 1.73. The minimum atomic E-state index is -0.325. The molecule has 1 heterocycles. The lowest BCUT2D eigenvalue weighted by Gasteiger charge is -2.03. The maximum atomic E-state index is 11.5. The van der Waals surface area contributed by atoms with E-state index >= 15 is 0 Å². The molecule has 0 aliphatic heterocycles. The first-order valence-electron chi connectivity index (χ1n) is 4.82. The lowest BCUT2D eigenvalue weighted by molar-refractivity contribution is -0.142. The van der Waals surface area contributed by atoms with Crippen LogP contribution in [0.2, 0.25) is 0 Å². The van der Waals surface area contributed by atoms with Crippen molar-refractivity contribution in [2.75, 3.05) is 13.2 Å². The van der Waals surface area contributed by atoms with Crippen molar-refractivity contribution in [2.24, 2.45) is 0 Å². The molecule has 88 valence electrons. The minimum Gasteiger partial charge on any atom is -0.466 e. The SMILES string of the molecule is CCOC(=O)CCNC(=O)c1ccoc1Br. The molecule has 0 atom stereocenters. The van der Waals surface area contributed by atoms with E-state index < -0.39 is 0 Å². The largest absolute Gasteiger partial charge is 0.466 e. The zero-order valence-electron chi connectivity index (χ0n) is 8.79. The number of hydrogen-bond donors (Lipinski definition) is 1. The number of rotatable bonds is 5. The summed E-state index contributed by atoms with van der Waals surface area (Å²) in [6, 6.07) is 1.55. The Labute approximate surface area is 101 Å². The summed E-state index contributed by atoms with van der Waals surface area (Å²) in [5.74, 6) is -0.612. The van der Waals surface area contributed by atoms with Gasteiger partial charge in [0, 0.05) is 6.54 Å². The quantitative estimate of drug-likeness (QED) is 0.838. The first kappa shape index (κ1) is 12.8. The molecule has 16 heavy (non-hydrogen) atoms. The van der Waals surface area contributed by atoms with E-state index in [0.29, 0.717) is 16.8 Å². The van der Waals surface area contributed by atoms with Crippen LogP contribution < -0.4 is 5.32 Å². The van der Waals surface area contributed by atoms with E-state index in [-0.39, 0.29) is 24.8 Å². The molecule has 0 saturated carbocycles. The van der Waals surface area contributed by atoms with Crippen molar-refractivity contribution in [1.29, 1.82) is 0 Å². The van der Waals surface area contributed by atoms with Crippen LogP contribution in [0.4, 0.5) is 0 Å². The fourth-order valence-electron chi connectivity index (χ4n) is 1.06. The summed E-state index contributed by atoms with van der Waals surface area (Å²) < 4.78 is 10.0. The molecule has 0 fully saturated rings. The van der Waals surface area contributed by atoms with E-state index in [4.69, 9.17) is 9.15 Å². The zero-order valence-corrected chi connectivity index (χ0v) is 10.4. The molecule has 1 aromatic heterocycles. The fraction of sp³-hybridized carbons (Fsp3) is 0.400. The Kier molecular flexibility index (Phi) is 5.04. The Morgan fingerprint density at radius 1 is 1.56 bits per heavy atom. The number of carbonyl (C=O) groups is 2. The average molecular weight is 290 g/mol. The van der Waals surface area contributed by atoms with E-state index in [0.717, 1.165) is 0 Å². The van der Waals surface area contributed by atoms with E-state index in [1.165, 1.54) is 6.26 Å². The van der Waals surface area contributed by atoms with Gasteiger partial charge in [0.2, 0.25) is 0 Å². The highest BCUT2D eigenvalue weighted by molar-refractivity contribution is 9.10. The molecule has 0 aliphatic rings. The van der Waals surface area contributed by atoms with Crippen LogP contribution >= 0.6 is 15.9 Å². The summed E-state index contributed by atoms with van der Waals surface area (Å²) in [5, 5.41) is 2.59. The molecule has 0 radical (unpaired) electrons. The third kappa shape index (κ3) is 3.69. The number of esters is 1. The molecular formula is C10H12BrNO4. The number of carbonyl (C=O) groups excluding carboxylic acids is 2. The van der Waals surface area contributed by atoms with Crippen molar-refractivity contribution < 1.29 is 18.7 Å². The first-order valence-corrected chi connectivity index (χ1v) is 5.61. The third-order valence-electron chi connectivity index (χ3n) is 1.78. The Balaban J connectivity index is 2.31. The number of ether oxygens (including phenoxy) is 1. The minimum absolute atomic E-state index is 0.162. The predicted molar refractivity (Wildman–Crippen MR) is 60.0 cm³/mol. The van der Waals surface area contributed by atoms with Gasteiger partial charge in [0.15, 0.2) is 4.67 Å². The number of halogens is 1. The van der Waals surface area contributed by atoms with Gasteiger partial charge in [-0.1, -0.05) is 0 Å². The van der Waals surface area contributed by atoms with E-state index in [2.05, 4.69) is 21.2 Å². The van der Waals surface area contributed by atoms with Crippen LogP contribution in [0.25, 0.3) is 0 Å². The highest BCUT2D eigenvalue weighted by Gasteiger charge is 2.12. The van der Waals surface area contributed by atoms with Gasteiger partial charge in [-0.2, -0.15) is 0 Å². The summed E-state index contributed by atoms with van der Waals surface area (Å²) in [6.45, 7) is 2.33. The van der Waals surface area contributed by atoms with Crippen molar-refractivity contribution in [3.63, 3.8) is 0 Å². The maximum Gasteiger partial charge on any atom is 0.307 e. The molecule has 1 aromatic rings. The summed E-state index contributed by atoms with van der Waals surface area (Å²) in [5.41, 5.74) is 0.406. The Morgan fingerprint density at radius 2 is 2.31 bits per heavy atom. The first-order chi connectivity index (χ1) is 7.65. The van der Waals surface area contributed by atoms with Gasteiger partial charge < -0.3 is 14.5 Å². The Morgan fingerprint density at radius 3 is 2.88 bits per heavy atom. The van der Waals surface area contributed by atoms with Crippen molar-refractivity contribution in [3.05, 3.63) is 22.6 Å². The molecule has 0 bridgehead atoms. The Bertz CT molecular complexity index is 375. The van der Waals surface area contributed by atoms with Gasteiger partial charge in [-0.15, -0.1) is 0 Å². The van der Waals surface area contributed by atoms with Crippen LogP contribution in [-0.2, 0) is 9.53 Å². The van der Waals surface area contributed by atoms with Gasteiger partial charge in [0.05, 0.1) is 24.9 Å². The molecule has 0 aromatic carbocycles. The average Bonchev–Trinajstić information content (AvgIpc) is 2.64. The maximum absolute atomic E-state index is 11.5. The Hall–Kier alpha value is -1.30. The van der Waals surface area contributed by atoms with Gasteiger partial charge >= 0.3 is 5.97 Å². The number of amides is 1. The third-order valence-corrected chi connectivity index (χ3v) is 2.40. The number of furan rings is 1. The van der Waals surface area contributed by atoms with Crippen LogP contribution in [0.3, 0.4) is 0 Å². The topological polar surface area (TPSA) is 68.5 Å². The highest BCUT2D eigenvalue weighted by atomic mass is 79.9. The lowest BCUT2D eigenvalue weighted by Crippen LogP contribution is -2.26. The molecule has 5 nitrogen and oxygen atoms in total. The molecular weight excluding hydrogens is 278 g/mol. The van der Waals surface area contributed by atoms with Crippen LogP contribution in [0.15, 0.2) is 21.4 Å². The van der Waals surface area contributed by atoms with Gasteiger partial charge in [0.25, 0.3) is 5.91 Å². The van der Waals surface area contributed by atoms with Crippen molar-refractivity contribution in [3.8, 4) is 0 Å². The molecule has 0 saturated heterocycles. The molecule has 0 spiro atoms. The van der Waals surface area contributed by atoms with E-state index in [9.17, 15) is 9.59 Å². The second-order valence-electron chi connectivity index (χ2n) is 2.92. The second kappa shape index (κ2) is 6.32. The smallest absolute Gasteiger partial charge is 0.307 e. The molecule has 1 rings (SSSR count). The fourth-order valence-corrected chi connectivity index (χ4v) is 1.48. The zero-order chi connectivity index (χ0) is 12.0. The van der Waals surface area contributed by atoms with Gasteiger partial charge in [0.1, 0.15) is 0 Å². The monoisotopic (exact) mass is 289 g/mol.